The molecule has 1 saturated heterocycles. The number of fused-ring (bicyclic) bond motifs is 1. The number of carbonyl (C=O) groups is 1. The molecule has 1 aliphatic heterocycles. The van der Waals surface area contributed by atoms with Crippen LogP contribution in [0.4, 0.5) is 0 Å². The van der Waals surface area contributed by atoms with Crippen LogP contribution in [0.5, 0.6) is 0 Å². The van der Waals surface area contributed by atoms with Crippen LogP contribution in [0.15, 0.2) is 42.6 Å². The van der Waals surface area contributed by atoms with Gasteiger partial charge in [0.1, 0.15) is 5.52 Å². The molecule has 1 fully saturated rings. The van der Waals surface area contributed by atoms with Gasteiger partial charge in [0.25, 0.3) is 5.91 Å². The largest absolute Gasteiger partial charge is 0.349 e. The maximum Gasteiger partial charge on any atom is 0.253 e. The van der Waals surface area contributed by atoms with E-state index in [2.05, 4.69) is 56.7 Å². The number of pyridine rings is 1. The highest BCUT2D eigenvalue weighted by atomic mass is 16.1. The van der Waals surface area contributed by atoms with E-state index < -0.39 is 0 Å². The monoisotopic (exact) mass is 364 g/mol. The predicted molar refractivity (Wildman–Crippen MR) is 103 cm³/mol. The van der Waals surface area contributed by atoms with E-state index >= 15 is 0 Å². The van der Waals surface area contributed by atoms with E-state index in [4.69, 9.17) is 0 Å². The molecule has 1 N–H and O–H groups in total. The molecule has 7 heteroatoms. The first-order valence-electron chi connectivity index (χ1n) is 9.37. The molecule has 0 bridgehead atoms. The molecule has 0 unspecified atom stereocenters. The smallest absolute Gasteiger partial charge is 0.253 e. The molecule has 1 amide bonds. The number of likely N-dealkylation sites (tertiary alicyclic amines) is 1. The standard InChI is InChI=1S/C20H24N6O/c1-14(15-6-4-3-5-7-15)26-10-8-17(9-11-26)22-20(27)16-12-18-19(21-13-16)25(2)24-23-18/h3-7,12-14,17H,8-11H2,1-2H3,(H,22,27)/t14-/m0/s1. The van der Waals surface area contributed by atoms with Gasteiger partial charge in [-0.25, -0.2) is 9.67 Å². The number of nitrogens with zero attached hydrogens (tertiary/aromatic N) is 5. The van der Waals surface area contributed by atoms with Crippen LogP contribution in [0.25, 0.3) is 11.2 Å². The lowest BCUT2D eigenvalue weighted by Crippen LogP contribution is -2.45. The van der Waals surface area contributed by atoms with E-state index in [9.17, 15) is 4.79 Å². The first-order valence-corrected chi connectivity index (χ1v) is 9.37. The second-order valence-corrected chi connectivity index (χ2v) is 7.15. The van der Waals surface area contributed by atoms with Crippen molar-refractivity contribution in [3.8, 4) is 0 Å². The van der Waals surface area contributed by atoms with Gasteiger partial charge < -0.3 is 5.32 Å². The van der Waals surface area contributed by atoms with Gasteiger partial charge in [-0.05, 0) is 31.4 Å². The van der Waals surface area contributed by atoms with E-state index in [-0.39, 0.29) is 11.9 Å². The van der Waals surface area contributed by atoms with Crippen LogP contribution in [0.2, 0.25) is 0 Å². The Morgan fingerprint density at radius 3 is 2.70 bits per heavy atom. The molecule has 3 aromatic rings. The topological polar surface area (TPSA) is 75.9 Å². The Bertz CT molecular complexity index is 930. The van der Waals surface area contributed by atoms with Gasteiger partial charge in [-0.1, -0.05) is 35.5 Å². The second kappa shape index (κ2) is 7.44. The first-order chi connectivity index (χ1) is 13.1. The van der Waals surface area contributed by atoms with Gasteiger partial charge in [-0.3, -0.25) is 9.69 Å². The molecule has 1 aromatic carbocycles. The zero-order chi connectivity index (χ0) is 18.8. The number of aryl methyl sites for hydroxylation is 1. The third-order valence-corrected chi connectivity index (χ3v) is 5.40. The summed E-state index contributed by atoms with van der Waals surface area (Å²) in [6.07, 6.45) is 3.49. The van der Waals surface area contributed by atoms with Crippen molar-refractivity contribution in [1.82, 2.24) is 30.2 Å². The SMILES string of the molecule is C[C@@H](c1ccccc1)N1CCC(NC(=O)c2cnc3c(c2)nnn3C)CC1. The average Bonchev–Trinajstić information content (AvgIpc) is 3.09. The van der Waals surface area contributed by atoms with Gasteiger partial charge in [-0.2, -0.15) is 0 Å². The summed E-state index contributed by atoms with van der Waals surface area (Å²) in [6.45, 7) is 4.20. The summed E-state index contributed by atoms with van der Waals surface area (Å²) in [4.78, 5) is 19.4. The van der Waals surface area contributed by atoms with E-state index in [1.54, 1.807) is 24.0 Å². The Kier molecular flexibility index (Phi) is 4.85. The Hall–Kier alpha value is -2.80. The summed E-state index contributed by atoms with van der Waals surface area (Å²) < 4.78 is 1.60. The average molecular weight is 364 g/mol. The lowest BCUT2D eigenvalue weighted by atomic mass is 10.00. The van der Waals surface area contributed by atoms with Gasteiger partial charge in [0.2, 0.25) is 0 Å². The van der Waals surface area contributed by atoms with Crippen molar-refractivity contribution in [3.63, 3.8) is 0 Å². The lowest BCUT2D eigenvalue weighted by Gasteiger charge is -2.36. The zero-order valence-corrected chi connectivity index (χ0v) is 15.7. The van der Waals surface area contributed by atoms with Crippen LogP contribution in [0.1, 0.15) is 41.7 Å². The maximum absolute atomic E-state index is 12.6. The fourth-order valence-corrected chi connectivity index (χ4v) is 3.69. The number of hydrogen-bond acceptors (Lipinski definition) is 5. The van der Waals surface area contributed by atoms with Gasteiger partial charge in [0, 0.05) is 38.4 Å². The number of nitrogens with one attached hydrogen (secondary N) is 1. The van der Waals surface area contributed by atoms with Gasteiger partial charge >= 0.3 is 0 Å². The van der Waals surface area contributed by atoms with Gasteiger partial charge in [0.15, 0.2) is 5.65 Å². The van der Waals surface area contributed by atoms with E-state index in [0.29, 0.717) is 22.8 Å². The molecule has 140 valence electrons. The van der Waals surface area contributed by atoms with Crippen LogP contribution in [-0.4, -0.2) is 49.9 Å². The number of piperidine rings is 1. The minimum Gasteiger partial charge on any atom is -0.349 e. The van der Waals surface area contributed by atoms with E-state index in [1.165, 1.54) is 5.56 Å². The highest BCUT2D eigenvalue weighted by Gasteiger charge is 2.25. The molecule has 3 heterocycles. The molecule has 0 saturated carbocycles. The summed E-state index contributed by atoms with van der Waals surface area (Å²) in [6, 6.07) is 12.9. The molecule has 1 atom stereocenters. The number of benzene rings is 1. The summed E-state index contributed by atoms with van der Waals surface area (Å²) in [7, 11) is 1.78. The fraction of sp³-hybridized carbons (Fsp3) is 0.400. The Morgan fingerprint density at radius 2 is 1.96 bits per heavy atom. The highest BCUT2D eigenvalue weighted by molar-refractivity contribution is 5.96. The Balaban J connectivity index is 1.35. The number of rotatable bonds is 4. The van der Waals surface area contributed by atoms with Crippen LogP contribution in [-0.2, 0) is 7.05 Å². The van der Waals surface area contributed by atoms with Crippen molar-refractivity contribution in [2.75, 3.05) is 13.1 Å². The highest BCUT2D eigenvalue weighted by Crippen LogP contribution is 2.24. The Labute approximate surface area is 158 Å². The van der Waals surface area contributed by atoms with Crippen molar-refractivity contribution in [1.29, 1.82) is 0 Å². The normalized spacial score (nSPS) is 17.1. The minimum atomic E-state index is -0.0930. The Morgan fingerprint density at radius 1 is 1.22 bits per heavy atom. The molecule has 27 heavy (non-hydrogen) atoms. The molecule has 0 radical (unpaired) electrons. The lowest BCUT2D eigenvalue weighted by molar-refractivity contribution is 0.0896. The summed E-state index contributed by atoms with van der Waals surface area (Å²) in [5.41, 5.74) is 3.18. The maximum atomic E-state index is 12.6. The molecule has 4 rings (SSSR count). The van der Waals surface area contributed by atoms with Crippen LogP contribution < -0.4 is 5.32 Å². The molecule has 7 nitrogen and oxygen atoms in total. The number of aromatic nitrogens is 4. The first kappa shape index (κ1) is 17.6. The van der Waals surface area contributed by atoms with E-state index in [1.807, 2.05) is 6.07 Å². The van der Waals surface area contributed by atoms with Crippen LogP contribution in [0, 0.1) is 0 Å². The molecular weight excluding hydrogens is 340 g/mol. The third-order valence-electron chi connectivity index (χ3n) is 5.40. The van der Waals surface area contributed by atoms with Gasteiger partial charge in [-0.15, -0.1) is 5.10 Å². The third kappa shape index (κ3) is 3.68. The van der Waals surface area contributed by atoms with Crippen molar-refractivity contribution in [2.24, 2.45) is 7.05 Å². The minimum absolute atomic E-state index is 0.0930. The molecule has 2 aromatic heterocycles. The fourth-order valence-electron chi connectivity index (χ4n) is 3.69. The van der Waals surface area contributed by atoms with Crippen LogP contribution >= 0.6 is 0 Å². The van der Waals surface area contributed by atoms with Crippen molar-refractivity contribution >= 4 is 17.1 Å². The molecule has 1 aliphatic rings. The van der Waals surface area contributed by atoms with Crippen LogP contribution in [0.3, 0.4) is 0 Å². The molecular formula is C20H24N6O. The zero-order valence-electron chi connectivity index (χ0n) is 15.7. The van der Waals surface area contributed by atoms with Gasteiger partial charge in [0.05, 0.1) is 5.56 Å². The molecule has 0 aliphatic carbocycles. The molecule has 0 spiro atoms. The van der Waals surface area contributed by atoms with E-state index in [0.717, 1.165) is 25.9 Å². The summed E-state index contributed by atoms with van der Waals surface area (Å²) >= 11 is 0. The summed E-state index contributed by atoms with van der Waals surface area (Å²) in [5.74, 6) is -0.0930. The number of hydrogen-bond donors (Lipinski definition) is 1. The van der Waals surface area contributed by atoms with Crippen molar-refractivity contribution in [3.05, 3.63) is 53.7 Å². The number of carbonyl (C=O) groups excluding carboxylic acids is 1. The van der Waals surface area contributed by atoms with Crippen molar-refractivity contribution < 1.29 is 4.79 Å². The van der Waals surface area contributed by atoms with Crippen molar-refractivity contribution in [2.45, 2.75) is 31.8 Å². The second-order valence-electron chi connectivity index (χ2n) is 7.15. The quantitative estimate of drug-likeness (QED) is 0.769. The summed E-state index contributed by atoms with van der Waals surface area (Å²) in [5, 5.41) is 11.1. The predicted octanol–water partition coefficient (Wildman–Crippen LogP) is 2.32. The number of amides is 1.